The lowest BCUT2D eigenvalue weighted by Gasteiger charge is -2.10. The monoisotopic (exact) mass is 242 g/mol. The Morgan fingerprint density at radius 3 is 2.92 bits per heavy atom. The van der Waals surface area contributed by atoms with Crippen LogP contribution >= 0.6 is 15.9 Å². The van der Waals surface area contributed by atoms with E-state index in [4.69, 9.17) is 0 Å². The third-order valence-electron chi connectivity index (χ3n) is 2.55. The molecule has 3 nitrogen and oxygen atoms in total. The molecule has 2 rings (SSSR count). The number of halogens is 1. The molecule has 1 heterocycles. The van der Waals surface area contributed by atoms with Gasteiger partial charge in [-0.1, -0.05) is 0 Å². The highest BCUT2D eigenvalue weighted by Gasteiger charge is 2.27. The number of rotatable bonds is 1. The molecule has 1 saturated carbocycles. The molecule has 0 aromatic carbocycles. The van der Waals surface area contributed by atoms with E-state index in [-0.39, 0.29) is 6.04 Å². The van der Waals surface area contributed by atoms with Crippen LogP contribution in [-0.2, 0) is 4.79 Å². The summed E-state index contributed by atoms with van der Waals surface area (Å²) in [6.45, 7) is 1.97. The minimum absolute atomic E-state index is 0.00806. The molecule has 0 bridgehead atoms. The smallest absolute Gasteiger partial charge is 0.157 e. The topological polar surface area (TPSA) is 34.9 Å². The van der Waals surface area contributed by atoms with Crippen LogP contribution in [0, 0.1) is 6.92 Å². The summed E-state index contributed by atoms with van der Waals surface area (Å²) in [4.78, 5) is 11.5. The van der Waals surface area contributed by atoms with Crippen LogP contribution in [-0.4, -0.2) is 15.6 Å². The molecule has 1 aromatic heterocycles. The van der Waals surface area contributed by atoms with Crippen LogP contribution in [0.2, 0.25) is 0 Å². The zero-order valence-electron chi connectivity index (χ0n) is 7.46. The van der Waals surface area contributed by atoms with Crippen molar-refractivity contribution in [1.29, 1.82) is 0 Å². The van der Waals surface area contributed by atoms with Crippen LogP contribution in [0.1, 0.15) is 31.0 Å². The van der Waals surface area contributed by atoms with E-state index in [1.807, 2.05) is 11.6 Å². The maximum atomic E-state index is 11.5. The van der Waals surface area contributed by atoms with Crippen molar-refractivity contribution in [3.05, 3.63) is 16.4 Å². The van der Waals surface area contributed by atoms with Crippen molar-refractivity contribution in [1.82, 2.24) is 9.78 Å². The maximum Gasteiger partial charge on any atom is 0.157 e. The van der Waals surface area contributed by atoms with Gasteiger partial charge in [0.2, 0.25) is 0 Å². The summed E-state index contributed by atoms with van der Waals surface area (Å²) in [5.41, 5.74) is 1.04. The fourth-order valence-electron chi connectivity index (χ4n) is 1.77. The minimum atomic E-state index is -0.00806. The molecule has 1 aromatic rings. The summed E-state index contributed by atoms with van der Waals surface area (Å²) in [6, 6.07) is -0.00806. The van der Waals surface area contributed by atoms with Gasteiger partial charge in [-0.25, -0.2) is 0 Å². The average molecular weight is 243 g/mol. The number of carbonyl (C=O) groups excluding carboxylic acids is 1. The highest BCUT2D eigenvalue weighted by atomic mass is 79.9. The zero-order valence-corrected chi connectivity index (χ0v) is 9.04. The second-order valence-corrected chi connectivity index (χ2v) is 4.25. The molecular formula is C9H11BrN2O. The standard InChI is InChI=1S/C9H11BrN2O/c1-6-7(10)5-11-12(6)8-3-2-4-9(8)13/h5,8H,2-4H2,1H3. The Morgan fingerprint density at radius 1 is 1.69 bits per heavy atom. The first-order valence-electron chi connectivity index (χ1n) is 4.42. The molecule has 1 aliphatic rings. The Bertz CT molecular complexity index is 345. The van der Waals surface area contributed by atoms with Crippen molar-refractivity contribution in [3.63, 3.8) is 0 Å². The van der Waals surface area contributed by atoms with E-state index in [1.165, 1.54) is 0 Å². The van der Waals surface area contributed by atoms with Crippen molar-refractivity contribution in [3.8, 4) is 0 Å². The van der Waals surface area contributed by atoms with Crippen molar-refractivity contribution in [2.45, 2.75) is 32.2 Å². The molecule has 0 spiro atoms. The maximum absolute atomic E-state index is 11.5. The van der Waals surface area contributed by atoms with Crippen LogP contribution in [0.15, 0.2) is 10.7 Å². The largest absolute Gasteiger partial charge is 0.297 e. The Balaban J connectivity index is 2.34. The quantitative estimate of drug-likeness (QED) is 0.758. The summed E-state index contributed by atoms with van der Waals surface area (Å²) in [5, 5.41) is 4.20. The number of aromatic nitrogens is 2. The van der Waals surface area contributed by atoms with Gasteiger partial charge in [0, 0.05) is 6.42 Å². The van der Waals surface area contributed by atoms with Gasteiger partial charge in [-0.15, -0.1) is 0 Å². The van der Waals surface area contributed by atoms with Crippen LogP contribution < -0.4 is 0 Å². The molecule has 4 heteroatoms. The van der Waals surface area contributed by atoms with Crippen LogP contribution in [0.3, 0.4) is 0 Å². The SMILES string of the molecule is Cc1c(Br)cnn1C1CCCC1=O. The predicted molar refractivity (Wildman–Crippen MR) is 52.6 cm³/mol. The van der Waals surface area contributed by atoms with Crippen molar-refractivity contribution in [2.24, 2.45) is 0 Å². The van der Waals surface area contributed by atoms with E-state index in [9.17, 15) is 4.79 Å². The van der Waals surface area contributed by atoms with Gasteiger partial charge in [-0.2, -0.15) is 5.10 Å². The van der Waals surface area contributed by atoms with E-state index in [2.05, 4.69) is 21.0 Å². The fraction of sp³-hybridized carbons (Fsp3) is 0.556. The second-order valence-electron chi connectivity index (χ2n) is 3.40. The number of carbonyl (C=O) groups is 1. The lowest BCUT2D eigenvalue weighted by molar-refractivity contribution is -0.120. The molecule has 0 amide bonds. The highest BCUT2D eigenvalue weighted by molar-refractivity contribution is 9.10. The first-order chi connectivity index (χ1) is 6.20. The summed E-state index contributed by atoms with van der Waals surface area (Å²) in [6.07, 6.45) is 4.40. The van der Waals surface area contributed by atoms with Gasteiger partial charge >= 0.3 is 0 Å². The molecule has 1 unspecified atom stereocenters. The Kier molecular flexibility index (Phi) is 2.24. The Hall–Kier alpha value is -0.640. The summed E-state index contributed by atoms with van der Waals surface area (Å²) >= 11 is 3.39. The number of nitrogens with zero attached hydrogens (tertiary/aromatic N) is 2. The molecule has 0 N–H and O–H groups in total. The second kappa shape index (κ2) is 3.25. The zero-order chi connectivity index (χ0) is 9.42. The third kappa shape index (κ3) is 1.43. The van der Waals surface area contributed by atoms with Crippen molar-refractivity contribution in [2.75, 3.05) is 0 Å². The van der Waals surface area contributed by atoms with Crippen LogP contribution in [0.25, 0.3) is 0 Å². The van der Waals surface area contributed by atoms with E-state index in [0.29, 0.717) is 12.2 Å². The summed E-state index contributed by atoms with van der Waals surface area (Å²) in [7, 11) is 0. The van der Waals surface area contributed by atoms with Crippen LogP contribution in [0.4, 0.5) is 0 Å². The third-order valence-corrected chi connectivity index (χ3v) is 3.33. The van der Waals surface area contributed by atoms with Gasteiger partial charge in [0.25, 0.3) is 0 Å². The molecule has 0 saturated heterocycles. The van der Waals surface area contributed by atoms with Crippen molar-refractivity contribution >= 4 is 21.7 Å². The summed E-state index contributed by atoms with van der Waals surface area (Å²) in [5.74, 6) is 0.318. The first-order valence-corrected chi connectivity index (χ1v) is 5.22. The number of hydrogen-bond acceptors (Lipinski definition) is 2. The molecule has 70 valence electrons. The molecule has 1 atom stereocenters. The lowest BCUT2D eigenvalue weighted by atomic mass is 10.2. The highest BCUT2D eigenvalue weighted by Crippen LogP contribution is 2.28. The number of hydrogen-bond donors (Lipinski definition) is 0. The van der Waals surface area contributed by atoms with E-state index in [1.54, 1.807) is 6.20 Å². The van der Waals surface area contributed by atoms with Gasteiger partial charge in [-0.05, 0) is 35.7 Å². The number of ketones is 1. The Morgan fingerprint density at radius 2 is 2.46 bits per heavy atom. The Labute approximate surface area is 85.3 Å². The fourth-order valence-corrected chi connectivity index (χ4v) is 2.05. The molecule has 1 aliphatic carbocycles. The van der Waals surface area contributed by atoms with Gasteiger partial charge < -0.3 is 0 Å². The van der Waals surface area contributed by atoms with Gasteiger partial charge in [0.1, 0.15) is 6.04 Å². The molecule has 0 radical (unpaired) electrons. The number of Topliss-reactive ketones (excluding diaryl/α,β-unsaturated/α-hetero) is 1. The molecule has 1 fully saturated rings. The van der Waals surface area contributed by atoms with Gasteiger partial charge in [0.05, 0.1) is 16.4 Å². The summed E-state index contributed by atoms with van der Waals surface area (Å²) < 4.78 is 2.81. The molecular weight excluding hydrogens is 232 g/mol. The predicted octanol–water partition coefficient (Wildman–Crippen LogP) is 2.25. The van der Waals surface area contributed by atoms with Gasteiger partial charge in [0.15, 0.2) is 5.78 Å². The van der Waals surface area contributed by atoms with E-state index < -0.39 is 0 Å². The van der Waals surface area contributed by atoms with Crippen molar-refractivity contribution < 1.29 is 4.79 Å². The average Bonchev–Trinajstić information content (AvgIpc) is 2.62. The molecule has 13 heavy (non-hydrogen) atoms. The normalized spacial score (nSPS) is 22.6. The minimum Gasteiger partial charge on any atom is -0.297 e. The van der Waals surface area contributed by atoms with E-state index in [0.717, 1.165) is 23.0 Å². The first kappa shape index (κ1) is 8.94. The molecule has 0 aliphatic heterocycles. The van der Waals surface area contributed by atoms with E-state index >= 15 is 0 Å². The van der Waals surface area contributed by atoms with Crippen LogP contribution in [0.5, 0.6) is 0 Å². The lowest BCUT2D eigenvalue weighted by Crippen LogP contribution is -2.15. The van der Waals surface area contributed by atoms with Gasteiger partial charge in [-0.3, -0.25) is 9.48 Å².